The molecule has 0 radical (unpaired) electrons. The second-order valence-electron chi connectivity index (χ2n) is 11.8. The van der Waals surface area contributed by atoms with Gasteiger partial charge in [-0.3, -0.25) is 24.0 Å². The molecule has 0 unspecified atom stereocenters. The zero-order valence-electron chi connectivity index (χ0n) is 21.1. The van der Waals surface area contributed by atoms with E-state index in [-0.39, 0.29) is 59.1 Å². The van der Waals surface area contributed by atoms with Gasteiger partial charge in [0.25, 0.3) is 0 Å². The van der Waals surface area contributed by atoms with Gasteiger partial charge in [-0.2, -0.15) is 0 Å². The van der Waals surface area contributed by atoms with Crippen LogP contribution in [0.1, 0.15) is 59.8 Å². The predicted octanol–water partition coefficient (Wildman–Crippen LogP) is -0.0934. The van der Waals surface area contributed by atoms with E-state index >= 15 is 0 Å². The molecule has 2 heterocycles. The third kappa shape index (κ3) is 5.16. The van der Waals surface area contributed by atoms with Crippen LogP contribution in [0.5, 0.6) is 0 Å². The smallest absolute Gasteiger partial charge is 0.245 e. The molecule has 4 aliphatic rings. The molecule has 2 saturated carbocycles. The molecule has 4 rings (SSSR count). The first-order valence-corrected chi connectivity index (χ1v) is 12.9. The van der Waals surface area contributed by atoms with Gasteiger partial charge < -0.3 is 26.6 Å². The van der Waals surface area contributed by atoms with E-state index in [1.165, 1.54) is 0 Å². The summed E-state index contributed by atoms with van der Waals surface area (Å²) in [5.41, 5.74) is 5.48. The lowest BCUT2D eigenvalue weighted by atomic mass is 9.95. The number of carbonyl (C=O) groups is 5. The first kappa shape index (κ1) is 25.4. The molecule has 0 aromatic rings. The van der Waals surface area contributed by atoms with Crippen LogP contribution in [-0.2, 0) is 24.0 Å². The average molecular weight is 490 g/mol. The summed E-state index contributed by atoms with van der Waals surface area (Å²) >= 11 is 0. The van der Waals surface area contributed by atoms with Crippen molar-refractivity contribution in [1.29, 1.82) is 0 Å². The monoisotopic (exact) mass is 489 g/mol. The van der Waals surface area contributed by atoms with Gasteiger partial charge in [0, 0.05) is 24.9 Å². The lowest BCUT2D eigenvalue weighted by Gasteiger charge is -2.34. The summed E-state index contributed by atoms with van der Waals surface area (Å²) < 4.78 is 0. The van der Waals surface area contributed by atoms with E-state index < -0.39 is 29.9 Å². The van der Waals surface area contributed by atoms with E-state index in [4.69, 9.17) is 5.73 Å². The second kappa shape index (κ2) is 9.43. The van der Waals surface area contributed by atoms with Gasteiger partial charge in [0.05, 0.1) is 0 Å². The van der Waals surface area contributed by atoms with Crippen LogP contribution in [0, 0.1) is 35.0 Å². The van der Waals surface area contributed by atoms with E-state index in [0.717, 1.165) is 12.8 Å². The second-order valence-corrected chi connectivity index (χ2v) is 11.8. The number of amides is 5. The number of nitrogens with zero attached hydrogens (tertiary/aromatic N) is 1. The van der Waals surface area contributed by atoms with Gasteiger partial charge in [0.2, 0.25) is 29.5 Å². The van der Waals surface area contributed by atoms with Crippen LogP contribution < -0.4 is 21.7 Å². The highest BCUT2D eigenvalue weighted by Crippen LogP contribution is 2.65. The summed E-state index contributed by atoms with van der Waals surface area (Å²) in [5.74, 6) is -1.69. The maximum absolute atomic E-state index is 13.7. The molecule has 0 bridgehead atoms. The van der Waals surface area contributed by atoms with Crippen LogP contribution in [-0.4, -0.2) is 65.7 Å². The van der Waals surface area contributed by atoms with Crippen molar-refractivity contribution in [1.82, 2.24) is 20.9 Å². The van der Waals surface area contributed by atoms with E-state index in [2.05, 4.69) is 29.8 Å². The van der Waals surface area contributed by atoms with Crippen molar-refractivity contribution in [3.63, 3.8) is 0 Å². The highest BCUT2D eigenvalue weighted by atomic mass is 16.2. The summed E-state index contributed by atoms with van der Waals surface area (Å²) in [6.07, 6.45) is 2.89. The molecule has 35 heavy (non-hydrogen) atoms. The number of hydrogen-bond donors (Lipinski definition) is 4. The van der Waals surface area contributed by atoms with Gasteiger partial charge in [-0.15, -0.1) is 0 Å². The van der Waals surface area contributed by atoms with E-state index in [1.54, 1.807) is 4.90 Å². The molecular formula is C25H39N5O5. The predicted molar refractivity (Wildman–Crippen MR) is 127 cm³/mol. The molecule has 4 fully saturated rings. The first-order valence-electron chi connectivity index (χ1n) is 12.9. The molecule has 194 valence electrons. The number of carbonyl (C=O) groups excluding carboxylic acids is 5. The van der Waals surface area contributed by atoms with Crippen LogP contribution in [0.25, 0.3) is 0 Å². The Morgan fingerprint density at radius 1 is 1.09 bits per heavy atom. The van der Waals surface area contributed by atoms with E-state index in [0.29, 0.717) is 25.9 Å². The largest absolute Gasteiger partial charge is 0.368 e. The molecule has 5 N–H and O–H groups in total. The van der Waals surface area contributed by atoms with Gasteiger partial charge in [-0.05, 0) is 55.3 Å². The van der Waals surface area contributed by atoms with Gasteiger partial charge in [-0.25, -0.2) is 0 Å². The Labute approximate surface area is 206 Å². The number of rotatable bonds is 10. The SMILES string of the molecule is CC(C)C[C@H](NC(=O)C1CC1)C(=O)N1C[C@H]2[C@@H]([C@H]1C(=O)N[C@@H](C[C@@H]1CCNC1=O)C(N)=O)C2(C)C. The van der Waals surface area contributed by atoms with Gasteiger partial charge in [0.15, 0.2) is 0 Å². The Morgan fingerprint density at radius 2 is 1.74 bits per heavy atom. The molecule has 10 heteroatoms. The molecule has 2 aliphatic heterocycles. The van der Waals surface area contributed by atoms with Crippen LogP contribution >= 0.6 is 0 Å². The maximum Gasteiger partial charge on any atom is 0.245 e. The average Bonchev–Trinajstić information content (AvgIpc) is 3.59. The highest BCUT2D eigenvalue weighted by molar-refractivity contribution is 5.96. The summed E-state index contributed by atoms with van der Waals surface area (Å²) in [6.45, 7) is 9.13. The number of piperidine rings is 1. The Balaban J connectivity index is 1.50. The normalized spacial score (nSPS) is 30.3. The molecule has 2 saturated heterocycles. The number of hydrogen-bond acceptors (Lipinski definition) is 5. The fourth-order valence-electron chi connectivity index (χ4n) is 6.00. The molecular weight excluding hydrogens is 450 g/mol. The lowest BCUT2D eigenvalue weighted by Crippen LogP contribution is -2.58. The first-order chi connectivity index (χ1) is 16.4. The Kier molecular flexibility index (Phi) is 6.85. The van der Waals surface area contributed by atoms with Crippen molar-refractivity contribution < 1.29 is 24.0 Å². The summed E-state index contributed by atoms with van der Waals surface area (Å²) in [7, 11) is 0. The zero-order valence-corrected chi connectivity index (χ0v) is 21.1. The summed E-state index contributed by atoms with van der Waals surface area (Å²) in [6, 6.07) is -2.42. The van der Waals surface area contributed by atoms with E-state index in [1.807, 2.05) is 13.8 Å². The molecule has 0 aromatic heterocycles. The zero-order chi connectivity index (χ0) is 25.7. The van der Waals surface area contributed by atoms with Crippen LogP contribution in [0.3, 0.4) is 0 Å². The highest BCUT2D eigenvalue weighted by Gasteiger charge is 2.69. The van der Waals surface area contributed by atoms with Crippen molar-refractivity contribution in [2.75, 3.05) is 13.1 Å². The molecule has 0 spiro atoms. The van der Waals surface area contributed by atoms with Crippen molar-refractivity contribution in [2.45, 2.75) is 77.9 Å². The van der Waals surface area contributed by atoms with Crippen LogP contribution in [0.2, 0.25) is 0 Å². The van der Waals surface area contributed by atoms with Gasteiger partial charge in [0.1, 0.15) is 18.1 Å². The molecule has 0 aromatic carbocycles. The molecule has 5 amide bonds. The fourth-order valence-corrected chi connectivity index (χ4v) is 6.00. The van der Waals surface area contributed by atoms with Crippen molar-refractivity contribution >= 4 is 29.5 Å². The number of primary amides is 1. The minimum Gasteiger partial charge on any atom is -0.368 e. The Hall–Kier alpha value is -2.65. The van der Waals surface area contributed by atoms with E-state index in [9.17, 15) is 24.0 Å². The molecule has 6 atom stereocenters. The number of nitrogens with two attached hydrogens (primary N) is 1. The van der Waals surface area contributed by atoms with Crippen molar-refractivity contribution in [2.24, 2.45) is 40.7 Å². The lowest BCUT2D eigenvalue weighted by molar-refractivity contribution is -0.144. The number of fused-ring (bicyclic) bond motifs is 1. The minimum atomic E-state index is -0.991. The Morgan fingerprint density at radius 3 is 2.29 bits per heavy atom. The van der Waals surface area contributed by atoms with Crippen molar-refractivity contribution in [3.8, 4) is 0 Å². The fraction of sp³-hybridized carbons (Fsp3) is 0.800. The number of likely N-dealkylation sites (tertiary alicyclic amines) is 1. The third-order valence-electron chi connectivity index (χ3n) is 8.37. The molecule has 10 nitrogen and oxygen atoms in total. The van der Waals surface area contributed by atoms with Gasteiger partial charge in [-0.1, -0.05) is 27.7 Å². The quantitative estimate of drug-likeness (QED) is 0.338. The molecule has 2 aliphatic carbocycles. The third-order valence-corrected chi connectivity index (χ3v) is 8.37. The number of nitrogens with one attached hydrogen (secondary N) is 3. The standard InChI is InChI=1S/C25H39N5O5/c1-12(2)9-17(29-22(33)13-5-6-13)24(35)30-11-15-18(25(15,3)4)19(30)23(34)28-16(20(26)31)10-14-7-8-27-21(14)32/h12-19H,5-11H2,1-4H3,(H2,26,31)(H,27,32)(H,28,34)(H,29,33)/t14-,15-,16-,17-,18-,19-/m0/s1. The summed E-state index contributed by atoms with van der Waals surface area (Å²) in [5, 5.41) is 8.42. The van der Waals surface area contributed by atoms with Crippen LogP contribution in [0.4, 0.5) is 0 Å². The van der Waals surface area contributed by atoms with Crippen molar-refractivity contribution in [3.05, 3.63) is 0 Å². The minimum absolute atomic E-state index is 0.0217. The maximum atomic E-state index is 13.7. The van der Waals surface area contributed by atoms with Crippen LogP contribution in [0.15, 0.2) is 0 Å². The Bertz CT molecular complexity index is 914. The summed E-state index contributed by atoms with van der Waals surface area (Å²) in [4.78, 5) is 65.4. The topological polar surface area (TPSA) is 151 Å². The van der Waals surface area contributed by atoms with Gasteiger partial charge >= 0.3 is 0 Å².